The summed E-state index contributed by atoms with van der Waals surface area (Å²) in [5.74, 6) is -0.326. The van der Waals surface area contributed by atoms with E-state index >= 15 is 0 Å². The lowest BCUT2D eigenvalue weighted by molar-refractivity contribution is 0.112. The molecule has 2 aromatic rings. The van der Waals surface area contributed by atoms with Crippen LogP contribution in [0.3, 0.4) is 0 Å². The highest BCUT2D eigenvalue weighted by molar-refractivity contribution is 9.08. The summed E-state index contributed by atoms with van der Waals surface area (Å²) >= 11 is 4.76. The second-order valence-corrected chi connectivity index (χ2v) is 4.32. The molecule has 0 atom stereocenters. The summed E-state index contributed by atoms with van der Waals surface area (Å²) in [6.45, 7) is 0. The van der Waals surface area contributed by atoms with E-state index in [0.717, 1.165) is 10.3 Å². The van der Waals surface area contributed by atoms with Gasteiger partial charge in [-0.2, -0.15) is 0 Å². The van der Waals surface area contributed by atoms with Crippen molar-refractivity contribution in [3.8, 4) is 0 Å². The highest BCUT2D eigenvalue weighted by atomic mass is 79.9. The minimum atomic E-state index is -0.326. The van der Waals surface area contributed by atoms with Gasteiger partial charge in [0.25, 0.3) is 0 Å². The Kier molecular flexibility index (Phi) is 2.65. The van der Waals surface area contributed by atoms with E-state index in [-0.39, 0.29) is 5.82 Å². The van der Waals surface area contributed by atoms with Gasteiger partial charge in [0.05, 0.1) is 0 Å². The van der Waals surface area contributed by atoms with E-state index in [1.54, 1.807) is 6.07 Å². The molecular weight excluding hydrogens is 267 g/mol. The lowest BCUT2D eigenvalue weighted by atomic mass is 10.1. The molecule has 0 saturated heterocycles. The molecule has 72 valence electrons. The number of hydrogen-bond donors (Lipinski definition) is 0. The highest BCUT2D eigenvalue weighted by Crippen LogP contribution is 2.30. The van der Waals surface area contributed by atoms with Crippen molar-refractivity contribution in [1.82, 2.24) is 0 Å². The van der Waals surface area contributed by atoms with Crippen LogP contribution in [0.2, 0.25) is 0 Å². The molecule has 0 saturated carbocycles. The quantitative estimate of drug-likeness (QED) is 0.601. The number of rotatable bonds is 2. The molecular formula is C10H6BrFOS. The maximum Gasteiger partial charge on any atom is 0.150 e. The number of alkyl halides is 1. The van der Waals surface area contributed by atoms with E-state index in [0.29, 0.717) is 22.6 Å². The van der Waals surface area contributed by atoms with Crippen molar-refractivity contribution >= 4 is 43.6 Å². The average Bonchev–Trinajstić information content (AvgIpc) is 2.66. The summed E-state index contributed by atoms with van der Waals surface area (Å²) in [7, 11) is 0. The van der Waals surface area contributed by atoms with Gasteiger partial charge >= 0.3 is 0 Å². The lowest BCUT2D eigenvalue weighted by Gasteiger charge is -2.03. The van der Waals surface area contributed by atoms with Crippen molar-refractivity contribution in [3.05, 3.63) is 34.5 Å². The number of benzene rings is 1. The normalized spacial score (nSPS) is 10.7. The van der Waals surface area contributed by atoms with Gasteiger partial charge in [0.15, 0.2) is 6.29 Å². The van der Waals surface area contributed by atoms with Gasteiger partial charge < -0.3 is 0 Å². The predicted octanol–water partition coefficient (Wildman–Crippen LogP) is 3.75. The van der Waals surface area contributed by atoms with Crippen LogP contribution in [0.1, 0.15) is 15.9 Å². The molecule has 4 heteroatoms. The fourth-order valence-electron chi connectivity index (χ4n) is 1.41. The maximum atomic E-state index is 13.4. The van der Waals surface area contributed by atoms with Crippen molar-refractivity contribution in [2.24, 2.45) is 0 Å². The molecule has 1 heterocycles. The van der Waals surface area contributed by atoms with Crippen LogP contribution in [-0.4, -0.2) is 6.29 Å². The SMILES string of the molecule is O=Cc1cc(F)c2ccsc2c1CBr. The number of carbonyl (C=O) groups is 1. The second kappa shape index (κ2) is 3.79. The van der Waals surface area contributed by atoms with Gasteiger partial charge in [-0.05, 0) is 23.1 Å². The molecule has 0 fully saturated rings. The Morgan fingerprint density at radius 3 is 3.00 bits per heavy atom. The minimum Gasteiger partial charge on any atom is -0.298 e. The molecule has 0 radical (unpaired) electrons. The average molecular weight is 273 g/mol. The fraction of sp³-hybridized carbons (Fsp3) is 0.100. The molecule has 0 bridgehead atoms. The topological polar surface area (TPSA) is 17.1 Å². The van der Waals surface area contributed by atoms with E-state index in [1.807, 2.05) is 5.38 Å². The molecule has 0 spiro atoms. The zero-order valence-corrected chi connectivity index (χ0v) is 9.49. The Morgan fingerprint density at radius 1 is 1.57 bits per heavy atom. The molecule has 1 nitrogen and oxygen atoms in total. The van der Waals surface area contributed by atoms with Gasteiger partial charge in [-0.1, -0.05) is 15.9 Å². The first kappa shape index (κ1) is 9.80. The summed E-state index contributed by atoms with van der Waals surface area (Å²) in [5.41, 5.74) is 1.29. The minimum absolute atomic E-state index is 0.326. The number of hydrogen-bond acceptors (Lipinski definition) is 2. The van der Waals surface area contributed by atoms with Crippen LogP contribution >= 0.6 is 27.3 Å². The van der Waals surface area contributed by atoms with Crippen molar-refractivity contribution < 1.29 is 9.18 Å². The highest BCUT2D eigenvalue weighted by Gasteiger charge is 2.11. The maximum absolute atomic E-state index is 13.4. The Morgan fingerprint density at radius 2 is 2.36 bits per heavy atom. The number of aldehydes is 1. The zero-order valence-electron chi connectivity index (χ0n) is 7.09. The number of halogens is 2. The molecule has 14 heavy (non-hydrogen) atoms. The third kappa shape index (κ3) is 1.38. The van der Waals surface area contributed by atoms with Crippen LogP contribution in [0.25, 0.3) is 10.1 Å². The second-order valence-electron chi connectivity index (χ2n) is 2.84. The first-order valence-electron chi connectivity index (χ1n) is 3.97. The fourth-order valence-corrected chi connectivity index (χ4v) is 3.16. The number of thiophene rings is 1. The summed E-state index contributed by atoms with van der Waals surface area (Å²) < 4.78 is 14.3. The van der Waals surface area contributed by atoms with Crippen LogP contribution in [0.15, 0.2) is 17.5 Å². The van der Waals surface area contributed by atoms with Gasteiger partial charge in [-0.3, -0.25) is 4.79 Å². The molecule has 0 aliphatic rings. The van der Waals surface area contributed by atoms with Crippen molar-refractivity contribution in [2.75, 3.05) is 0 Å². The van der Waals surface area contributed by atoms with Crippen LogP contribution in [0.5, 0.6) is 0 Å². The third-order valence-electron chi connectivity index (χ3n) is 2.09. The van der Waals surface area contributed by atoms with Gasteiger partial charge in [0, 0.05) is 21.0 Å². The van der Waals surface area contributed by atoms with E-state index in [2.05, 4.69) is 15.9 Å². The standard InChI is InChI=1S/C10H6BrFOS/c11-4-8-6(5-13)3-9(12)7-1-2-14-10(7)8/h1-3,5H,4H2. The van der Waals surface area contributed by atoms with Crippen molar-refractivity contribution in [1.29, 1.82) is 0 Å². The molecule has 0 aliphatic heterocycles. The predicted molar refractivity (Wildman–Crippen MR) is 59.8 cm³/mol. The van der Waals surface area contributed by atoms with Crippen LogP contribution in [0.4, 0.5) is 4.39 Å². The summed E-state index contributed by atoms with van der Waals surface area (Å²) in [4.78, 5) is 10.7. The molecule has 0 unspecified atom stereocenters. The van der Waals surface area contributed by atoms with Crippen LogP contribution in [0, 0.1) is 5.82 Å². The van der Waals surface area contributed by atoms with Gasteiger partial charge in [-0.15, -0.1) is 11.3 Å². The first-order chi connectivity index (χ1) is 6.77. The Balaban J connectivity index is 2.88. The Hall–Kier alpha value is -0.740. The largest absolute Gasteiger partial charge is 0.298 e. The van der Waals surface area contributed by atoms with Crippen LogP contribution < -0.4 is 0 Å². The van der Waals surface area contributed by atoms with Crippen molar-refractivity contribution in [3.63, 3.8) is 0 Å². The molecule has 1 aromatic carbocycles. The van der Waals surface area contributed by atoms with Gasteiger partial charge in [-0.25, -0.2) is 4.39 Å². The Bertz CT molecular complexity index is 492. The molecule has 0 aliphatic carbocycles. The summed E-state index contributed by atoms with van der Waals surface area (Å²) in [6.07, 6.45) is 0.693. The summed E-state index contributed by atoms with van der Waals surface area (Å²) in [6, 6.07) is 3.02. The Labute approximate surface area is 92.7 Å². The van der Waals surface area contributed by atoms with Gasteiger partial charge in [0.1, 0.15) is 5.82 Å². The molecule has 1 aromatic heterocycles. The molecule has 0 amide bonds. The van der Waals surface area contributed by atoms with E-state index in [9.17, 15) is 9.18 Å². The number of fused-ring (bicyclic) bond motifs is 1. The monoisotopic (exact) mass is 272 g/mol. The zero-order chi connectivity index (χ0) is 10.1. The molecule has 2 rings (SSSR count). The third-order valence-corrected chi connectivity index (χ3v) is 3.62. The lowest BCUT2D eigenvalue weighted by Crippen LogP contribution is -1.91. The summed E-state index contributed by atoms with van der Waals surface area (Å²) in [5, 5.41) is 2.99. The first-order valence-corrected chi connectivity index (χ1v) is 5.97. The van der Waals surface area contributed by atoms with E-state index in [4.69, 9.17) is 0 Å². The van der Waals surface area contributed by atoms with Gasteiger partial charge in [0.2, 0.25) is 0 Å². The molecule has 0 N–H and O–H groups in total. The number of carbonyl (C=O) groups excluding carboxylic acids is 1. The van der Waals surface area contributed by atoms with Crippen molar-refractivity contribution in [2.45, 2.75) is 5.33 Å². The van der Waals surface area contributed by atoms with E-state index < -0.39 is 0 Å². The van der Waals surface area contributed by atoms with Crippen LogP contribution in [-0.2, 0) is 5.33 Å². The smallest absolute Gasteiger partial charge is 0.150 e. The van der Waals surface area contributed by atoms with E-state index in [1.165, 1.54) is 17.4 Å².